The summed E-state index contributed by atoms with van der Waals surface area (Å²) in [5, 5.41) is 12.5. The molecular weight excluding hydrogens is 282 g/mol. The summed E-state index contributed by atoms with van der Waals surface area (Å²) in [4.78, 5) is 26.0. The number of anilines is 1. The molecule has 1 saturated carbocycles. The molecule has 6 nitrogen and oxygen atoms in total. The molecule has 20 heavy (non-hydrogen) atoms. The average molecular weight is 298 g/mol. The zero-order valence-corrected chi connectivity index (χ0v) is 11.6. The Bertz CT molecular complexity index is 528. The predicted octanol–water partition coefficient (Wildman–Crippen LogP) is 1.89. The number of primary amides is 1. The largest absolute Gasteiger partial charge is 0.481 e. The molecule has 1 fully saturated rings. The van der Waals surface area contributed by atoms with Crippen LogP contribution in [0.1, 0.15) is 36.0 Å². The van der Waals surface area contributed by atoms with E-state index in [-0.39, 0.29) is 17.5 Å². The highest BCUT2D eigenvalue weighted by molar-refractivity contribution is 6.33. The van der Waals surface area contributed by atoms with Gasteiger partial charge < -0.3 is 16.2 Å². The third-order valence-corrected chi connectivity index (χ3v) is 3.83. The Hall–Kier alpha value is -1.82. The number of carbonyl (C=O) groups is 2. The number of hydrogen-bond acceptors (Lipinski definition) is 4. The topological polar surface area (TPSA) is 105 Å². The number of nitrogens with zero attached hydrogens (tertiary/aromatic N) is 1. The van der Waals surface area contributed by atoms with E-state index in [2.05, 4.69) is 10.3 Å². The van der Waals surface area contributed by atoms with Crippen LogP contribution in [-0.4, -0.2) is 28.0 Å². The van der Waals surface area contributed by atoms with Crippen molar-refractivity contribution in [2.75, 3.05) is 5.32 Å². The van der Waals surface area contributed by atoms with Crippen LogP contribution in [0.25, 0.3) is 0 Å². The number of nitrogens with two attached hydrogens (primary N) is 1. The van der Waals surface area contributed by atoms with Gasteiger partial charge in [-0.1, -0.05) is 11.6 Å². The number of carboxylic acid groups (broad SMARTS) is 1. The molecule has 0 bridgehead atoms. The molecule has 0 atom stereocenters. The van der Waals surface area contributed by atoms with Crippen LogP contribution >= 0.6 is 11.6 Å². The van der Waals surface area contributed by atoms with Crippen LogP contribution in [0.2, 0.25) is 5.02 Å². The number of carboxylic acids is 1. The lowest BCUT2D eigenvalue weighted by Crippen LogP contribution is -2.29. The molecule has 0 aliphatic heterocycles. The molecule has 108 valence electrons. The summed E-state index contributed by atoms with van der Waals surface area (Å²) in [6.07, 6.45) is 4.17. The maximum absolute atomic E-state index is 11.0. The van der Waals surface area contributed by atoms with E-state index in [0.717, 1.165) is 12.8 Å². The van der Waals surface area contributed by atoms with Crippen molar-refractivity contribution in [1.29, 1.82) is 0 Å². The van der Waals surface area contributed by atoms with Crippen LogP contribution in [-0.2, 0) is 4.79 Å². The van der Waals surface area contributed by atoms with Crippen molar-refractivity contribution in [3.63, 3.8) is 0 Å². The minimum absolute atomic E-state index is 0.148. The van der Waals surface area contributed by atoms with Gasteiger partial charge in [-0.05, 0) is 31.7 Å². The van der Waals surface area contributed by atoms with Crippen molar-refractivity contribution >= 4 is 29.3 Å². The highest BCUT2D eigenvalue weighted by Crippen LogP contribution is 2.28. The summed E-state index contributed by atoms with van der Waals surface area (Å²) in [6, 6.07) is 1.62. The first-order chi connectivity index (χ1) is 9.47. The molecule has 7 heteroatoms. The quantitative estimate of drug-likeness (QED) is 0.787. The summed E-state index contributed by atoms with van der Waals surface area (Å²) < 4.78 is 0. The Balaban J connectivity index is 1.98. The normalized spacial score (nSPS) is 22.2. The fourth-order valence-electron chi connectivity index (χ4n) is 2.36. The number of rotatable bonds is 4. The lowest BCUT2D eigenvalue weighted by molar-refractivity contribution is -0.142. The number of nitrogens with one attached hydrogen (secondary N) is 1. The molecule has 1 aromatic rings. The first-order valence-electron chi connectivity index (χ1n) is 6.42. The van der Waals surface area contributed by atoms with Gasteiger partial charge in [0, 0.05) is 12.2 Å². The summed E-state index contributed by atoms with van der Waals surface area (Å²) in [6.45, 7) is 0. The Labute approximate surface area is 121 Å². The van der Waals surface area contributed by atoms with E-state index in [4.69, 9.17) is 22.4 Å². The fourth-order valence-corrected chi connectivity index (χ4v) is 2.58. The van der Waals surface area contributed by atoms with Crippen molar-refractivity contribution in [3.05, 3.63) is 22.8 Å². The second-order valence-electron chi connectivity index (χ2n) is 4.95. The number of amides is 1. The smallest absolute Gasteiger partial charge is 0.306 e. The van der Waals surface area contributed by atoms with Crippen LogP contribution < -0.4 is 11.1 Å². The Kier molecular flexibility index (Phi) is 4.44. The van der Waals surface area contributed by atoms with Gasteiger partial charge >= 0.3 is 5.97 Å². The second kappa shape index (κ2) is 6.09. The van der Waals surface area contributed by atoms with Gasteiger partial charge in [0.15, 0.2) is 0 Å². The van der Waals surface area contributed by atoms with Gasteiger partial charge in [0.05, 0.1) is 16.5 Å². The summed E-state index contributed by atoms with van der Waals surface area (Å²) in [7, 11) is 0. The van der Waals surface area contributed by atoms with E-state index >= 15 is 0 Å². The fraction of sp³-hybridized carbons (Fsp3) is 0.462. The molecule has 0 aromatic carbocycles. The van der Waals surface area contributed by atoms with E-state index < -0.39 is 11.9 Å². The molecule has 1 amide bonds. The zero-order chi connectivity index (χ0) is 14.7. The standard InChI is InChI=1S/C13H16ClN3O3/c14-10-5-8(11(15)18)6-16-12(10)17-9-3-1-7(2-4-9)13(19)20/h5-7,9H,1-4H2,(H2,15,18)(H,16,17)(H,19,20). The van der Waals surface area contributed by atoms with Crippen molar-refractivity contribution in [2.24, 2.45) is 11.7 Å². The molecule has 1 aliphatic rings. The maximum Gasteiger partial charge on any atom is 0.306 e. The van der Waals surface area contributed by atoms with Gasteiger partial charge in [-0.25, -0.2) is 4.98 Å². The van der Waals surface area contributed by atoms with Crippen LogP contribution in [0.5, 0.6) is 0 Å². The van der Waals surface area contributed by atoms with Crippen LogP contribution in [0, 0.1) is 5.92 Å². The van der Waals surface area contributed by atoms with Gasteiger partial charge in [0.1, 0.15) is 5.82 Å². The molecule has 0 radical (unpaired) electrons. The molecule has 1 heterocycles. The highest BCUT2D eigenvalue weighted by atomic mass is 35.5. The molecular formula is C13H16ClN3O3. The molecule has 1 aliphatic carbocycles. The Morgan fingerprint density at radius 3 is 2.50 bits per heavy atom. The number of carbonyl (C=O) groups excluding carboxylic acids is 1. The summed E-state index contributed by atoms with van der Waals surface area (Å²) in [5.41, 5.74) is 5.41. The van der Waals surface area contributed by atoms with Crippen molar-refractivity contribution < 1.29 is 14.7 Å². The highest BCUT2D eigenvalue weighted by Gasteiger charge is 2.26. The van der Waals surface area contributed by atoms with Gasteiger partial charge in [-0.3, -0.25) is 9.59 Å². The Morgan fingerprint density at radius 2 is 2.00 bits per heavy atom. The van der Waals surface area contributed by atoms with Crippen LogP contribution in [0.4, 0.5) is 5.82 Å². The molecule has 0 unspecified atom stereocenters. The monoisotopic (exact) mass is 297 g/mol. The molecule has 1 aromatic heterocycles. The third kappa shape index (κ3) is 3.39. The minimum Gasteiger partial charge on any atom is -0.481 e. The lowest BCUT2D eigenvalue weighted by Gasteiger charge is -2.27. The van der Waals surface area contributed by atoms with Gasteiger partial charge in [0.25, 0.3) is 0 Å². The van der Waals surface area contributed by atoms with E-state index in [9.17, 15) is 9.59 Å². The number of aliphatic carboxylic acids is 1. The first kappa shape index (κ1) is 14.6. The SMILES string of the molecule is NC(=O)c1cnc(NC2CCC(C(=O)O)CC2)c(Cl)c1. The van der Waals surface area contributed by atoms with Gasteiger partial charge in [-0.2, -0.15) is 0 Å². The lowest BCUT2D eigenvalue weighted by atomic mass is 9.86. The number of pyridine rings is 1. The second-order valence-corrected chi connectivity index (χ2v) is 5.36. The number of halogens is 1. The predicted molar refractivity (Wildman–Crippen MR) is 74.8 cm³/mol. The first-order valence-corrected chi connectivity index (χ1v) is 6.80. The summed E-state index contributed by atoms with van der Waals surface area (Å²) >= 11 is 6.04. The van der Waals surface area contributed by atoms with Gasteiger partial charge in [0.2, 0.25) is 5.91 Å². The Morgan fingerprint density at radius 1 is 1.35 bits per heavy atom. The molecule has 4 N–H and O–H groups in total. The van der Waals surface area contributed by atoms with E-state index in [1.165, 1.54) is 12.3 Å². The summed E-state index contributed by atoms with van der Waals surface area (Å²) in [5.74, 6) is -1.07. The van der Waals surface area contributed by atoms with Crippen LogP contribution in [0.15, 0.2) is 12.3 Å². The van der Waals surface area contributed by atoms with Crippen molar-refractivity contribution in [2.45, 2.75) is 31.7 Å². The van der Waals surface area contributed by atoms with Crippen molar-refractivity contribution in [3.8, 4) is 0 Å². The van der Waals surface area contributed by atoms with Crippen molar-refractivity contribution in [1.82, 2.24) is 4.98 Å². The molecule has 0 spiro atoms. The number of aromatic nitrogens is 1. The van der Waals surface area contributed by atoms with E-state index in [1.807, 2.05) is 0 Å². The minimum atomic E-state index is -0.731. The van der Waals surface area contributed by atoms with E-state index in [0.29, 0.717) is 23.7 Å². The third-order valence-electron chi connectivity index (χ3n) is 3.54. The van der Waals surface area contributed by atoms with Gasteiger partial charge in [-0.15, -0.1) is 0 Å². The van der Waals surface area contributed by atoms with E-state index in [1.54, 1.807) is 0 Å². The molecule has 0 saturated heterocycles. The van der Waals surface area contributed by atoms with Crippen LogP contribution in [0.3, 0.4) is 0 Å². The maximum atomic E-state index is 11.0. The molecule has 2 rings (SSSR count). The average Bonchev–Trinajstić information content (AvgIpc) is 2.41. The zero-order valence-electron chi connectivity index (χ0n) is 10.8. The number of hydrogen-bond donors (Lipinski definition) is 3.